The number of alkyl halides is 2. The molecule has 0 bridgehead atoms. The second kappa shape index (κ2) is 8.64. The molecular formula is C27H30F2N2O2. The van der Waals surface area contributed by atoms with Gasteiger partial charge in [-0.15, -0.1) is 0 Å². The maximum absolute atomic E-state index is 13.5. The van der Waals surface area contributed by atoms with E-state index >= 15 is 0 Å². The zero-order valence-electron chi connectivity index (χ0n) is 18.8. The van der Waals surface area contributed by atoms with Crippen LogP contribution in [0, 0.1) is 17.8 Å². The number of hydrogen-bond acceptors (Lipinski definition) is 3. The fourth-order valence-corrected chi connectivity index (χ4v) is 5.71. The molecule has 5 rings (SSSR count). The van der Waals surface area contributed by atoms with Crippen molar-refractivity contribution in [1.82, 2.24) is 4.90 Å². The largest absolute Gasteiger partial charge is 0.326 e. The van der Waals surface area contributed by atoms with Gasteiger partial charge in [0.05, 0.1) is 0 Å². The molecule has 1 unspecified atom stereocenters. The number of carbonyl (C=O) groups excluding carboxylic acids is 2. The van der Waals surface area contributed by atoms with Crippen molar-refractivity contribution in [2.24, 2.45) is 17.8 Å². The summed E-state index contributed by atoms with van der Waals surface area (Å²) in [6.07, 6.45) is 2.71. The lowest BCUT2D eigenvalue weighted by Crippen LogP contribution is -2.44. The van der Waals surface area contributed by atoms with Crippen molar-refractivity contribution in [2.75, 3.05) is 18.4 Å². The SMILES string of the molecule is CC(F)(F)c1cccc(NC(=O)CCC(=O)C2[C@H]3CN(C4CC(c5ccccc5)C4)C[C@@H]23)c1. The number of ketones is 1. The Hall–Kier alpha value is -2.60. The first-order valence-corrected chi connectivity index (χ1v) is 11.9. The summed E-state index contributed by atoms with van der Waals surface area (Å²) in [5, 5.41) is 2.64. The fourth-order valence-electron chi connectivity index (χ4n) is 5.71. The number of carbonyl (C=O) groups is 2. The molecule has 174 valence electrons. The molecule has 2 aromatic rings. The normalized spacial score (nSPS) is 28.6. The van der Waals surface area contributed by atoms with Gasteiger partial charge in [0.2, 0.25) is 5.91 Å². The number of hydrogen-bond donors (Lipinski definition) is 1. The second-order valence-corrected chi connectivity index (χ2v) is 10.0. The molecular weight excluding hydrogens is 422 g/mol. The van der Waals surface area contributed by atoms with E-state index in [2.05, 4.69) is 40.5 Å². The Kier molecular flexibility index (Phi) is 5.81. The van der Waals surface area contributed by atoms with Gasteiger partial charge in [0.15, 0.2) is 0 Å². The topological polar surface area (TPSA) is 49.4 Å². The third-order valence-electron chi connectivity index (χ3n) is 7.75. The van der Waals surface area contributed by atoms with Crippen molar-refractivity contribution < 1.29 is 18.4 Å². The summed E-state index contributed by atoms with van der Waals surface area (Å²) in [6.45, 7) is 2.82. The Labute approximate surface area is 193 Å². The van der Waals surface area contributed by atoms with Crippen molar-refractivity contribution in [2.45, 2.75) is 50.5 Å². The Balaban J connectivity index is 1.03. The molecule has 0 spiro atoms. The Morgan fingerprint density at radius 1 is 1.00 bits per heavy atom. The zero-order chi connectivity index (χ0) is 23.2. The molecule has 33 heavy (non-hydrogen) atoms. The van der Waals surface area contributed by atoms with Crippen LogP contribution >= 0.6 is 0 Å². The predicted octanol–water partition coefficient (Wildman–Crippen LogP) is 5.21. The molecule has 1 amide bonds. The van der Waals surface area contributed by atoms with Crippen LogP contribution < -0.4 is 5.32 Å². The van der Waals surface area contributed by atoms with Crippen LogP contribution in [0.1, 0.15) is 49.7 Å². The van der Waals surface area contributed by atoms with E-state index < -0.39 is 5.92 Å². The van der Waals surface area contributed by atoms with E-state index in [9.17, 15) is 18.4 Å². The van der Waals surface area contributed by atoms with Crippen LogP contribution in [-0.2, 0) is 15.5 Å². The number of Topliss-reactive ketones (excluding diaryl/α,β-unsaturated/α-hetero) is 1. The van der Waals surface area contributed by atoms with Crippen LogP contribution in [0.25, 0.3) is 0 Å². The van der Waals surface area contributed by atoms with Crippen LogP contribution in [0.2, 0.25) is 0 Å². The summed E-state index contributed by atoms with van der Waals surface area (Å²) >= 11 is 0. The molecule has 1 heterocycles. The minimum Gasteiger partial charge on any atom is -0.326 e. The average Bonchev–Trinajstić information content (AvgIpc) is 3.26. The molecule has 2 aliphatic carbocycles. The highest BCUT2D eigenvalue weighted by molar-refractivity contribution is 5.94. The summed E-state index contributed by atoms with van der Waals surface area (Å²) in [4.78, 5) is 27.5. The molecule has 3 fully saturated rings. The van der Waals surface area contributed by atoms with Crippen LogP contribution in [0.4, 0.5) is 14.5 Å². The highest BCUT2D eigenvalue weighted by Gasteiger charge is 2.60. The van der Waals surface area contributed by atoms with E-state index in [0.29, 0.717) is 29.5 Å². The van der Waals surface area contributed by atoms with Gasteiger partial charge in [0.25, 0.3) is 5.92 Å². The van der Waals surface area contributed by atoms with Gasteiger partial charge in [0.1, 0.15) is 5.78 Å². The van der Waals surface area contributed by atoms with E-state index in [1.807, 2.05) is 0 Å². The highest BCUT2D eigenvalue weighted by atomic mass is 19.3. The number of nitrogens with one attached hydrogen (secondary N) is 1. The number of likely N-dealkylation sites (tertiary alicyclic amines) is 1. The van der Waals surface area contributed by atoms with E-state index in [4.69, 9.17) is 0 Å². The third-order valence-corrected chi connectivity index (χ3v) is 7.75. The number of nitrogens with zero attached hydrogens (tertiary/aromatic N) is 1. The first-order chi connectivity index (χ1) is 15.8. The van der Waals surface area contributed by atoms with Gasteiger partial charge in [-0.25, -0.2) is 8.78 Å². The molecule has 1 aliphatic heterocycles. The minimum absolute atomic E-state index is 0.0899. The maximum Gasteiger partial charge on any atom is 0.270 e. The van der Waals surface area contributed by atoms with E-state index in [1.165, 1.54) is 36.6 Å². The minimum atomic E-state index is -2.96. The highest BCUT2D eigenvalue weighted by Crippen LogP contribution is 2.55. The Morgan fingerprint density at radius 3 is 2.36 bits per heavy atom. The van der Waals surface area contributed by atoms with Crippen LogP contribution in [0.15, 0.2) is 54.6 Å². The molecule has 0 radical (unpaired) electrons. The van der Waals surface area contributed by atoms with Crippen LogP contribution in [-0.4, -0.2) is 35.7 Å². The van der Waals surface area contributed by atoms with Crippen molar-refractivity contribution in [3.63, 3.8) is 0 Å². The van der Waals surface area contributed by atoms with Gasteiger partial charge < -0.3 is 5.32 Å². The molecule has 2 aromatic carbocycles. The molecule has 6 heteroatoms. The number of halogens is 2. The first-order valence-electron chi connectivity index (χ1n) is 11.9. The maximum atomic E-state index is 13.5. The van der Waals surface area contributed by atoms with Crippen molar-refractivity contribution in [3.8, 4) is 0 Å². The second-order valence-electron chi connectivity index (χ2n) is 10.0. The molecule has 3 atom stereocenters. The van der Waals surface area contributed by atoms with Crippen molar-refractivity contribution in [3.05, 3.63) is 65.7 Å². The number of rotatable bonds is 8. The summed E-state index contributed by atoms with van der Waals surface area (Å²) in [7, 11) is 0. The monoisotopic (exact) mass is 452 g/mol. The van der Waals surface area contributed by atoms with Crippen molar-refractivity contribution in [1.29, 1.82) is 0 Å². The van der Waals surface area contributed by atoms with Crippen LogP contribution in [0.5, 0.6) is 0 Å². The zero-order valence-corrected chi connectivity index (χ0v) is 18.8. The van der Waals surface area contributed by atoms with Gasteiger partial charge in [-0.2, -0.15) is 0 Å². The lowest BCUT2D eigenvalue weighted by molar-refractivity contribution is -0.124. The summed E-state index contributed by atoms with van der Waals surface area (Å²) < 4.78 is 26.9. The quantitative estimate of drug-likeness (QED) is 0.598. The summed E-state index contributed by atoms with van der Waals surface area (Å²) in [5.74, 6) is -1.46. The lowest BCUT2D eigenvalue weighted by Gasteiger charge is -2.42. The van der Waals surface area contributed by atoms with Gasteiger partial charge >= 0.3 is 0 Å². The number of amides is 1. The average molecular weight is 453 g/mol. The van der Waals surface area contributed by atoms with Gasteiger partial charge in [-0.3, -0.25) is 14.5 Å². The molecule has 3 aliphatic rings. The Morgan fingerprint density at radius 2 is 1.70 bits per heavy atom. The molecule has 1 N–H and O–H groups in total. The summed E-state index contributed by atoms with van der Waals surface area (Å²) in [6, 6.07) is 17.0. The Bertz CT molecular complexity index is 1020. The van der Waals surface area contributed by atoms with E-state index in [1.54, 1.807) is 6.07 Å². The summed E-state index contributed by atoms with van der Waals surface area (Å²) in [5.41, 5.74) is 1.62. The van der Waals surface area contributed by atoms with Gasteiger partial charge in [-0.05, 0) is 48.3 Å². The van der Waals surface area contributed by atoms with E-state index in [0.717, 1.165) is 20.0 Å². The number of benzene rings is 2. The fraction of sp³-hybridized carbons (Fsp3) is 0.481. The van der Waals surface area contributed by atoms with E-state index in [-0.39, 0.29) is 36.0 Å². The third kappa shape index (κ3) is 4.72. The first kappa shape index (κ1) is 22.2. The smallest absolute Gasteiger partial charge is 0.270 e. The molecule has 2 saturated carbocycles. The van der Waals surface area contributed by atoms with Gasteiger partial charge in [-0.1, -0.05) is 42.5 Å². The lowest BCUT2D eigenvalue weighted by atomic mass is 9.75. The number of piperidine rings is 1. The number of fused-ring (bicyclic) bond motifs is 1. The standard InChI is InChI=1S/C27H30F2N2O2/c1-27(28,29)19-8-5-9-20(14-19)30-25(33)11-10-24(32)26-22-15-31(16-23(22)26)21-12-18(13-21)17-6-3-2-4-7-17/h2-9,14,18,21-23,26H,10-13,15-16H2,1H3,(H,30,33)/t18?,21?,22-,23+,26?. The van der Waals surface area contributed by atoms with Crippen molar-refractivity contribution >= 4 is 17.4 Å². The van der Waals surface area contributed by atoms with Crippen LogP contribution in [0.3, 0.4) is 0 Å². The molecule has 0 aromatic heterocycles. The number of anilines is 1. The van der Waals surface area contributed by atoms with Gasteiger partial charge in [0, 0.05) is 56.1 Å². The predicted molar refractivity (Wildman–Crippen MR) is 123 cm³/mol. The molecule has 1 saturated heterocycles. The molecule has 4 nitrogen and oxygen atoms in total.